The lowest BCUT2D eigenvalue weighted by molar-refractivity contribution is -0.159. The van der Waals surface area contributed by atoms with Crippen LogP contribution in [0.15, 0.2) is 61.4 Å². The standard InChI is InChI=1S/C29H35Br2F3N8O3/c30-21-13-19(14-22(31)15-21)17-28(16-18-5-7-20(8-6-18)29(32,33)34)23(43)41(11-3-1-9-39-25(35)36)27(45)42(24(28)44)12-4-2-10-40-26(37)38/h5-8,13-15H,1-4,9-12,16-17H2,(H4,35,36,39)(H4,37,38,40). The third-order valence-corrected chi connectivity index (χ3v) is 8.07. The van der Waals surface area contributed by atoms with Gasteiger partial charge in [0.25, 0.3) is 0 Å². The van der Waals surface area contributed by atoms with E-state index in [0.717, 1.165) is 21.9 Å². The minimum Gasteiger partial charge on any atom is -0.370 e. The maximum atomic E-state index is 14.4. The van der Waals surface area contributed by atoms with Gasteiger partial charge in [0, 0.05) is 35.1 Å². The number of hydrogen-bond donors (Lipinski definition) is 4. The number of amides is 4. The van der Waals surface area contributed by atoms with Gasteiger partial charge in [-0.3, -0.25) is 29.4 Å². The van der Waals surface area contributed by atoms with Crippen LogP contribution in [-0.2, 0) is 28.6 Å². The van der Waals surface area contributed by atoms with Gasteiger partial charge in [-0.1, -0.05) is 44.0 Å². The molecule has 1 heterocycles. The lowest BCUT2D eigenvalue weighted by atomic mass is 9.72. The predicted molar refractivity (Wildman–Crippen MR) is 172 cm³/mol. The molecule has 1 aliphatic rings. The molecule has 0 radical (unpaired) electrons. The van der Waals surface area contributed by atoms with Crippen molar-refractivity contribution in [3.05, 3.63) is 68.1 Å². The molecule has 1 fully saturated rings. The van der Waals surface area contributed by atoms with Crippen molar-refractivity contribution in [1.29, 1.82) is 0 Å². The van der Waals surface area contributed by atoms with Crippen LogP contribution in [0.25, 0.3) is 0 Å². The van der Waals surface area contributed by atoms with Crippen LogP contribution >= 0.6 is 31.9 Å². The Hall–Kier alpha value is -3.66. The number of unbranched alkanes of at least 4 members (excludes halogenated alkanes) is 2. The summed E-state index contributed by atoms with van der Waals surface area (Å²) in [7, 11) is 0. The fourth-order valence-corrected chi connectivity index (χ4v) is 6.48. The van der Waals surface area contributed by atoms with Crippen LogP contribution in [0.4, 0.5) is 18.0 Å². The number of rotatable bonds is 14. The first-order chi connectivity index (χ1) is 21.1. The summed E-state index contributed by atoms with van der Waals surface area (Å²) in [6, 6.07) is 8.81. The summed E-state index contributed by atoms with van der Waals surface area (Å²) in [5.74, 6) is -1.64. The fraction of sp³-hybridized carbons (Fsp3) is 0.414. The van der Waals surface area contributed by atoms with Crippen molar-refractivity contribution in [2.75, 3.05) is 26.2 Å². The minimum atomic E-state index is -4.56. The molecule has 3 rings (SSSR count). The molecule has 16 heteroatoms. The van der Waals surface area contributed by atoms with Crippen LogP contribution < -0.4 is 22.9 Å². The van der Waals surface area contributed by atoms with Gasteiger partial charge in [-0.2, -0.15) is 13.2 Å². The van der Waals surface area contributed by atoms with Gasteiger partial charge >= 0.3 is 12.2 Å². The van der Waals surface area contributed by atoms with Crippen LogP contribution in [0.5, 0.6) is 0 Å². The maximum absolute atomic E-state index is 14.4. The van der Waals surface area contributed by atoms with Gasteiger partial charge in [-0.05, 0) is 80.0 Å². The van der Waals surface area contributed by atoms with Gasteiger partial charge in [-0.15, -0.1) is 0 Å². The number of urea groups is 1. The number of nitrogens with two attached hydrogens (primary N) is 4. The summed E-state index contributed by atoms with van der Waals surface area (Å²) in [4.78, 5) is 52.4. The van der Waals surface area contributed by atoms with E-state index in [2.05, 4.69) is 41.8 Å². The quantitative estimate of drug-likeness (QED) is 0.0974. The van der Waals surface area contributed by atoms with E-state index in [-0.39, 0.29) is 50.9 Å². The van der Waals surface area contributed by atoms with E-state index >= 15 is 0 Å². The zero-order valence-corrected chi connectivity index (χ0v) is 27.5. The molecular formula is C29H35Br2F3N8O3. The Bertz CT molecular complexity index is 1370. The Labute approximate surface area is 275 Å². The molecule has 0 aromatic heterocycles. The highest BCUT2D eigenvalue weighted by atomic mass is 79.9. The largest absolute Gasteiger partial charge is 0.416 e. The van der Waals surface area contributed by atoms with Gasteiger partial charge in [0.05, 0.1) is 5.56 Å². The van der Waals surface area contributed by atoms with Crippen LogP contribution in [-0.4, -0.2) is 65.7 Å². The number of alkyl halides is 3. The average Bonchev–Trinajstić information content (AvgIpc) is 2.94. The Morgan fingerprint density at radius 3 is 1.58 bits per heavy atom. The van der Waals surface area contributed by atoms with E-state index in [1.165, 1.54) is 12.1 Å². The predicted octanol–water partition coefficient (Wildman–Crippen LogP) is 3.90. The highest BCUT2D eigenvalue weighted by molar-refractivity contribution is 9.11. The van der Waals surface area contributed by atoms with Gasteiger partial charge in [0.15, 0.2) is 11.9 Å². The molecule has 45 heavy (non-hydrogen) atoms. The maximum Gasteiger partial charge on any atom is 0.416 e. The van der Waals surface area contributed by atoms with E-state index in [1.54, 1.807) is 18.2 Å². The molecule has 8 N–H and O–H groups in total. The van der Waals surface area contributed by atoms with Crippen LogP contribution in [0.3, 0.4) is 0 Å². The number of hydrogen-bond acceptors (Lipinski definition) is 5. The van der Waals surface area contributed by atoms with Crippen molar-refractivity contribution in [2.45, 2.75) is 44.7 Å². The molecule has 0 spiro atoms. The zero-order chi connectivity index (χ0) is 33.4. The molecule has 2 aromatic rings. The highest BCUT2D eigenvalue weighted by Crippen LogP contribution is 2.39. The molecule has 244 valence electrons. The van der Waals surface area contributed by atoms with Crippen LogP contribution in [0.2, 0.25) is 0 Å². The Balaban J connectivity index is 2.07. The number of carbonyl (C=O) groups excluding carboxylic acids is 3. The number of imide groups is 2. The summed E-state index contributed by atoms with van der Waals surface area (Å²) in [6.45, 7) is 0.502. The fourth-order valence-electron chi connectivity index (χ4n) is 5.09. The lowest BCUT2D eigenvalue weighted by Crippen LogP contribution is -2.66. The molecule has 11 nitrogen and oxygen atoms in total. The van der Waals surface area contributed by atoms with Gasteiger partial charge in [-0.25, -0.2) is 4.79 Å². The summed E-state index contributed by atoms with van der Waals surface area (Å²) in [5.41, 5.74) is 19.8. The Morgan fingerprint density at radius 1 is 0.711 bits per heavy atom. The molecular weight excluding hydrogens is 725 g/mol. The van der Waals surface area contributed by atoms with E-state index in [0.29, 0.717) is 45.8 Å². The monoisotopic (exact) mass is 758 g/mol. The Kier molecular flexibility index (Phi) is 12.4. The molecule has 0 atom stereocenters. The zero-order valence-electron chi connectivity index (χ0n) is 24.3. The van der Waals surface area contributed by atoms with E-state index in [4.69, 9.17) is 22.9 Å². The van der Waals surface area contributed by atoms with Crippen LogP contribution in [0, 0.1) is 5.41 Å². The SMILES string of the molecule is NC(N)=NCCCCN1C(=O)N(CCCCN=C(N)N)C(=O)C(Cc2ccc(C(F)(F)F)cc2)(Cc2cc(Br)cc(Br)c2)C1=O. The molecule has 0 bridgehead atoms. The first-order valence-electron chi connectivity index (χ1n) is 14.0. The molecule has 4 amide bonds. The Morgan fingerprint density at radius 2 is 1.16 bits per heavy atom. The van der Waals surface area contributed by atoms with Crippen molar-refractivity contribution >= 4 is 61.6 Å². The van der Waals surface area contributed by atoms with Crippen molar-refractivity contribution in [3.63, 3.8) is 0 Å². The third-order valence-electron chi connectivity index (χ3n) is 7.15. The molecule has 1 saturated heterocycles. The highest BCUT2D eigenvalue weighted by Gasteiger charge is 2.57. The van der Waals surface area contributed by atoms with Crippen LogP contribution in [0.1, 0.15) is 42.4 Å². The number of carbonyl (C=O) groups is 3. The number of aliphatic imine (C=N–C) groups is 2. The summed E-state index contributed by atoms with van der Waals surface area (Å²) < 4.78 is 41.3. The average molecular weight is 760 g/mol. The first-order valence-corrected chi connectivity index (χ1v) is 15.6. The van der Waals surface area contributed by atoms with Crippen molar-refractivity contribution in [3.8, 4) is 0 Å². The number of barbiturate groups is 1. The topological polar surface area (TPSA) is 186 Å². The molecule has 1 aliphatic heterocycles. The minimum absolute atomic E-state index is 0.0214. The summed E-state index contributed by atoms with van der Waals surface area (Å²) in [6.07, 6.45) is -3.33. The second-order valence-corrected chi connectivity index (χ2v) is 12.5. The normalized spacial score (nSPS) is 14.9. The smallest absolute Gasteiger partial charge is 0.370 e. The molecule has 0 aliphatic carbocycles. The molecule has 0 unspecified atom stereocenters. The molecule has 0 saturated carbocycles. The number of benzene rings is 2. The summed E-state index contributed by atoms with van der Waals surface area (Å²) >= 11 is 6.86. The summed E-state index contributed by atoms with van der Waals surface area (Å²) in [5, 5.41) is 0. The van der Waals surface area contributed by atoms with Gasteiger partial charge < -0.3 is 22.9 Å². The lowest BCUT2D eigenvalue weighted by Gasteiger charge is -2.44. The van der Waals surface area contributed by atoms with E-state index < -0.39 is 35.0 Å². The third kappa shape index (κ3) is 9.66. The van der Waals surface area contributed by atoms with E-state index in [9.17, 15) is 27.6 Å². The number of halogens is 5. The second-order valence-electron chi connectivity index (χ2n) is 10.6. The van der Waals surface area contributed by atoms with Crippen molar-refractivity contribution in [2.24, 2.45) is 38.3 Å². The first kappa shape index (κ1) is 35.8. The number of nitrogens with zero attached hydrogens (tertiary/aromatic N) is 4. The number of guanidine groups is 2. The van der Waals surface area contributed by atoms with Crippen molar-refractivity contribution in [1.82, 2.24) is 9.80 Å². The van der Waals surface area contributed by atoms with E-state index in [1.807, 2.05) is 0 Å². The second kappa shape index (κ2) is 15.6. The van der Waals surface area contributed by atoms with Crippen molar-refractivity contribution < 1.29 is 27.6 Å². The molecule has 2 aromatic carbocycles. The van der Waals surface area contributed by atoms with Gasteiger partial charge in [0.1, 0.15) is 5.41 Å². The van der Waals surface area contributed by atoms with Gasteiger partial charge in [0.2, 0.25) is 11.8 Å².